The number of carbonyl (C=O) groups excluding carboxylic acids is 1. The Bertz CT molecular complexity index is 372. The highest BCUT2D eigenvalue weighted by Gasteiger charge is 2.24. The molecule has 0 rings (SSSR count). The molecule has 0 saturated heterocycles. The summed E-state index contributed by atoms with van der Waals surface area (Å²) in [5, 5.41) is 20.2. The molecule has 0 radical (unpaired) electrons. The summed E-state index contributed by atoms with van der Waals surface area (Å²) in [4.78, 5) is 24.4. The Morgan fingerprint density at radius 1 is 1.40 bits per heavy atom. The van der Waals surface area contributed by atoms with Crippen LogP contribution < -0.4 is 5.32 Å². The second-order valence-electron chi connectivity index (χ2n) is 5.96. The van der Waals surface area contributed by atoms with E-state index in [1.54, 1.807) is 18.7 Å². The number of amides is 2. The maximum Gasteiger partial charge on any atom is 0.317 e. The van der Waals surface area contributed by atoms with E-state index in [1.165, 1.54) is 0 Å². The quantitative estimate of drug-likeness (QED) is 0.714. The Hall–Kier alpha value is -1.77. The van der Waals surface area contributed by atoms with Crippen molar-refractivity contribution in [2.45, 2.75) is 52.5 Å². The third-order valence-electron chi connectivity index (χ3n) is 2.78. The largest absolute Gasteiger partial charge is 0.481 e. The fourth-order valence-corrected chi connectivity index (χ4v) is 1.75. The molecule has 6 heteroatoms. The predicted octanol–water partition coefficient (Wildman–Crippen LogP) is 2.21. The third kappa shape index (κ3) is 8.35. The second-order valence-corrected chi connectivity index (χ2v) is 5.96. The fraction of sp³-hybridized carbons (Fsp3) is 0.786. The van der Waals surface area contributed by atoms with E-state index in [1.807, 2.05) is 19.9 Å². The molecule has 0 aliphatic heterocycles. The van der Waals surface area contributed by atoms with Crippen LogP contribution in [0.25, 0.3) is 0 Å². The van der Waals surface area contributed by atoms with E-state index in [9.17, 15) is 9.59 Å². The number of carboxylic acids is 1. The van der Waals surface area contributed by atoms with Crippen LogP contribution in [0.1, 0.15) is 47.0 Å². The summed E-state index contributed by atoms with van der Waals surface area (Å²) in [5.41, 5.74) is -0.586. The van der Waals surface area contributed by atoms with E-state index in [0.717, 1.165) is 0 Å². The van der Waals surface area contributed by atoms with Crippen molar-refractivity contribution in [3.05, 3.63) is 0 Å². The van der Waals surface area contributed by atoms with Crippen LogP contribution in [0.3, 0.4) is 0 Å². The van der Waals surface area contributed by atoms with Gasteiger partial charge < -0.3 is 15.3 Å². The second kappa shape index (κ2) is 8.41. The molecule has 0 aromatic rings. The summed E-state index contributed by atoms with van der Waals surface area (Å²) >= 11 is 0. The Labute approximate surface area is 120 Å². The molecular formula is C14H25N3O3. The van der Waals surface area contributed by atoms with E-state index in [2.05, 4.69) is 5.32 Å². The Balaban J connectivity index is 4.56. The highest BCUT2D eigenvalue weighted by molar-refractivity contribution is 5.75. The molecule has 0 aromatic heterocycles. The molecule has 20 heavy (non-hydrogen) atoms. The molecule has 0 unspecified atom stereocenters. The summed E-state index contributed by atoms with van der Waals surface area (Å²) in [6.07, 6.45) is 0.660. The minimum atomic E-state index is -0.879. The van der Waals surface area contributed by atoms with Gasteiger partial charge in [0.2, 0.25) is 0 Å². The third-order valence-corrected chi connectivity index (χ3v) is 2.78. The highest BCUT2D eigenvalue weighted by Crippen LogP contribution is 2.12. The average Bonchev–Trinajstić information content (AvgIpc) is 2.31. The lowest BCUT2D eigenvalue weighted by Crippen LogP contribution is -2.51. The molecule has 0 fully saturated rings. The zero-order valence-electron chi connectivity index (χ0n) is 12.8. The van der Waals surface area contributed by atoms with Crippen LogP contribution in [0.15, 0.2) is 0 Å². The van der Waals surface area contributed by atoms with Gasteiger partial charge in [-0.05, 0) is 26.2 Å². The topological polar surface area (TPSA) is 93.4 Å². The average molecular weight is 283 g/mol. The number of carbonyl (C=O) groups is 2. The van der Waals surface area contributed by atoms with Gasteiger partial charge in [-0.15, -0.1) is 0 Å². The van der Waals surface area contributed by atoms with E-state index in [0.29, 0.717) is 25.4 Å². The number of hydrogen-bond acceptors (Lipinski definition) is 3. The van der Waals surface area contributed by atoms with Crippen molar-refractivity contribution in [2.24, 2.45) is 5.92 Å². The maximum atomic E-state index is 12.2. The minimum absolute atomic E-state index is 0.00958. The van der Waals surface area contributed by atoms with Gasteiger partial charge >= 0.3 is 12.0 Å². The minimum Gasteiger partial charge on any atom is -0.481 e. The number of carboxylic acid groups (broad SMARTS) is 1. The van der Waals surface area contributed by atoms with E-state index < -0.39 is 11.5 Å². The van der Waals surface area contributed by atoms with Gasteiger partial charge in [-0.2, -0.15) is 5.26 Å². The van der Waals surface area contributed by atoms with Crippen LogP contribution in [0.2, 0.25) is 0 Å². The highest BCUT2D eigenvalue weighted by atomic mass is 16.4. The van der Waals surface area contributed by atoms with Crippen LogP contribution in [-0.4, -0.2) is 40.6 Å². The Morgan fingerprint density at radius 3 is 2.45 bits per heavy atom. The number of nitrogens with one attached hydrogen (secondary N) is 1. The van der Waals surface area contributed by atoms with E-state index >= 15 is 0 Å². The number of hydrogen-bond donors (Lipinski definition) is 2. The number of nitriles is 1. The molecule has 114 valence electrons. The summed E-state index contributed by atoms with van der Waals surface area (Å²) < 4.78 is 0. The van der Waals surface area contributed by atoms with Crippen LogP contribution >= 0.6 is 0 Å². The van der Waals surface area contributed by atoms with Crippen LogP contribution in [0.5, 0.6) is 0 Å². The number of nitrogens with zero attached hydrogens (tertiary/aromatic N) is 2. The van der Waals surface area contributed by atoms with Crippen LogP contribution in [-0.2, 0) is 4.79 Å². The molecule has 0 aromatic carbocycles. The van der Waals surface area contributed by atoms with Gasteiger partial charge in [0.05, 0.1) is 12.5 Å². The molecule has 0 heterocycles. The van der Waals surface area contributed by atoms with Gasteiger partial charge in [-0.3, -0.25) is 4.79 Å². The van der Waals surface area contributed by atoms with Crippen molar-refractivity contribution in [3.8, 4) is 6.07 Å². The molecule has 0 saturated carbocycles. The monoisotopic (exact) mass is 283 g/mol. The Kier molecular flexibility index (Phi) is 7.67. The lowest BCUT2D eigenvalue weighted by atomic mass is 9.98. The van der Waals surface area contributed by atoms with Crippen molar-refractivity contribution in [2.75, 3.05) is 13.1 Å². The van der Waals surface area contributed by atoms with Crippen molar-refractivity contribution < 1.29 is 14.7 Å². The summed E-state index contributed by atoms with van der Waals surface area (Å²) in [6.45, 7) is 8.56. The van der Waals surface area contributed by atoms with E-state index in [4.69, 9.17) is 10.4 Å². The van der Waals surface area contributed by atoms with Gasteiger partial charge in [-0.25, -0.2) is 4.79 Å². The molecular weight excluding hydrogens is 258 g/mol. The summed E-state index contributed by atoms with van der Waals surface area (Å²) in [7, 11) is 0. The van der Waals surface area contributed by atoms with Crippen LogP contribution in [0.4, 0.5) is 4.79 Å². The molecule has 0 atom stereocenters. The lowest BCUT2D eigenvalue weighted by molar-refractivity contribution is -0.137. The van der Waals surface area contributed by atoms with Gasteiger partial charge in [-0.1, -0.05) is 13.8 Å². The Morgan fingerprint density at radius 2 is 2.00 bits per heavy atom. The molecule has 0 bridgehead atoms. The molecule has 6 nitrogen and oxygen atoms in total. The molecule has 2 amide bonds. The van der Waals surface area contributed by atoms with Gasteiger partial charge in [0.1, 0.15) is 0 Å². The fourth-order valence-electron chi connectivity index (χ4n) is 1.75. The number of rotatable bonds is 8. The normalized spacial score (nSPS) is 11.0. The van der Waals surface area contributed by atoms with Crippen molar-refractivity contribution in [1.29, 1.82) is 5.26 Å². The smallest absolute Gasteiger partial charge is 0.317 e. The number of urea groups is 1. The first-order valence-corrected chi connectivity index (χ1v) is 6.84. The molecule has 2 N–H and O–H groups in total. The zero-order valence-corrected chi connectivity index (χ0v) is 12.8. The van der Waals surface area contributed by atoms with Crippen LogP contribution in [0, 0.1) is 17.2 Å². The molecule has 0 aliphatic carbocycles. The SMILES string of the molecule is CC(C)CN(CCC#N)C(=O)NC(C)(C)CCC(=O)O. The van der Waals surface area contributed by atoms with E-state index in [-0.39, 0.29) is 18.9 Å². The standard InChI is InChI=1S/C14H25N3O3/c1-11(2)10-17(9-5-8-15)13(20)16-14(3,4)7-6-12(18)19/h11H,5-7,9-10H2,1-4H3,(H,16,20)(H,18,19). The van der Waals surface area contributed by atoms with Crippen molar-refractivity contribution >= 4 is 12.0 Å². The van der Waals surface area contributed by atoms with Gasteiger partial charge in [0.25, 0.3) is 0 Å². The summed E-state index contributed by atoms with van der Waals surface area (Å²) in [5.74, 6) is -0.572. The first kappa shape index (κ1) is 18.2. The maximum absolute atomic E-state index is 12.2. The zero-order chi connectivity index (χ0) is 15.8. The van der Waals surface area contributed by atoms with Gasteiger partial charge in [0.15, 0.2) is 0 Å². The first-order valence-electron chi connectivity index (χ1n) is 6.84. The first-order chi connectivity index (χ1) is 9.18. The lowest BCUT2D eigenvalue weighted by Gasteiger charge is -2.31. The van der Waals surface area contributed by atoms with Crippen molar-refractivity contribution in [3.63, 3.8) is 0 Å². The predicted molar refractivity (Wildman–Crippen MR) is 76.1 cm³/mol. The van der Waals surface area contributed by atoms with Gasteiger partial charge in [0, 0.05) is 25.0 Å². The molecule has 0 aliphatic rings. The molecule has 0 spiro atoms. The summed E-state index contributed by atoms with van der Waals surface area (Å²) in [6, 6.07) is 1.78. The number of aliphatic carboxylic acids is 1. The van der Waals surface area contributed by atoms with Crippen molar-refractivity contribution in [1.82, 2.24) is 10.2 Å².